The van der Waals surface area contributed by atoms with Crippen LogP contribution in [-0.4, -0.2) is 63.3 Å². The van der Waals surface area contributed by atoms with E-state index < -0.39 is 12.1 Å². The number of hydrogen-bond acceptors (Lipinski definition) is 6. The van der Waals surface area contributed by atoms with E-state index >= 15 is 0 Å². The van der Waals surface area contributed by atoms with Crippen LogP contribution >= 0.6 is 0 Å². The molecule has 0 bridgehead atoms. The van der Waals surface area contributed by atoms with Gasteiger partial charge in [0.05, 0.1) is 33.0 Å². The summed E-state index contributed by atoms with van der Waals surface area (Å²) in [5.74, 6) is -0.224. The molecule has 6 nitrogen and oxygen atoms in total. The summed E-state index contributed by atoms with van der Waals surface area (Å²) in [6.07, 6.45) is -0.660. The molecule has 0 rings (SSSR count). The third-order valence-electron chi connectivity index (χ3n) is 2.58. The van der Waals surface area contributed by atoms with Crippen LogP contribution in [0.5, 0.6) is 0 Å². The molecule has 0 aromatic heterocycles. The SMILES string of the molecule is CCOCCOCC(O)CNC(C(=O)OC)C(C)C. The van der Waals surface area contributed by atoms with Crippen molar-refractivity contribution in [1.29, 1.82) is 0 Å². The molecular weight excluding hydrogens is 250 g/mol. The van der Waals surface area contributed by atoms with Gasteiger partial charge in [0.15, 0.2) is 0 Å². The van der Waals surface area contributed by atoms with Gasteiger partial charge in [0.25, 0.3) is 0 Å². The fraction of sp³-hybridized carbons (Fsp3) is 0.923. The van der Waals surface area contributed by atoms with Crippen molar-refractivity contribution < 1.29 is 24.1 Å². The summed E-state index contributed by atoms with van der Waals surface area (Å²) < 4.78 is 15.1. The summed E-state index contributed by atoms with van der Waals surface area (Å²) >= 11 is 0. The lowest BCUT2D eigenvalue weighted by molar-refractivity contribution is -0.144. The highest BCUT2D eigenvalue weighted by Crippen LogP contribution is 2.03. The molecule has 0 aromatic carbocycles. The first-order valence-electron chi connectivity index (χ1n) is 6.67. The van der Waals surface area contributed by atoms with E-state index in [4.69, 9.17) is 14.2 Å². The molecule has 0 heterocycles. The standard InChI is InChI=1S/C13H27NO5/c1-5-18-6-7-19-9-11(15)8-14-12(10(2)3)13(16)17-4/h10-12,14-15H,5-9H2,1-4H3. The molecule has 0 aliphatic heterocycles. The van der Waals surface area contributed by atoms with Crippen molar-refractivity contribution in [2.24, 2.45) is 5.92 Å². The zero-order valence-electron chi connectivity index (χ0n) is 12.3. The molecule has 2 N–H and O–H groups in total. The quantitative estimate of drug-likeness (QED) is 0.415. The van der Waals surface area contributed by atoms with Gasteiger partial charge >= 0.3 is 5.97 Å². The topological polar surface area (TPSA) is 77.0 Å². The largest absolute Gasteiger partial charge is 0.468 e. The van der Waals surface area contributed by atoms with Crippen LogP contribution in [-0.2, 0) is 19.0 Å². The van der Waals surface area contributed by atoms with Crippen LogP contribution in [0.4, 0.5) is 0 Å². The Morgan fingerprint density at radius 3 is 2.42 bits per heavy atom. The van der Waals surface area contributed by atoms with E-state index in [-0.39, 0.29) is 25.0 Å². The van der Waals surface area contributed by atoms with Gasteiger partial charge in [0.2, 0.25) is 0 Å². The summed E-state index contributed by atoms with van der Waals surface area (Å²) in [6, 6.07) is -0.414. The predicted molar refractivity (Wildman–Crippen MR) is 72.0 cm³/mol. The molecule has 114 valence electrons. The molecular formula is C13H27NO5. The van der Waals surface area contributed by atoms with E-state index in [2.05, 4.69) is 5.32 Å². The van der Waals surface area contributed by atoms with E-state index in [0.29, 0.717) is 19.8 Å². The van der Waals surface area contributed by atoms with Gasteiger partial charge in [-0.3, -0.25) is 4.79 Å². The zero-order chi connectivity index (χ0) is 14.7. The molecule has 0 fully saturated rings. The normalized spacial score (nSPS) is 14.4. The van der Waals surface area contributed by atoms with Gasteiger partial charge in [-0.1, -0.05) is 13.8 Å². The van der Waals surface area contributed by atoms with Crippen LogP contribution in [0, 0.1) is 5.92 Å². The minimum atomic E-state index is -0.660. The van der Waals surface area contributed by atoms with Crippen LogP contribution in [0.3, 0.4) is 0 Å². The molecule has 0 aromatic rings. The Balaban J connectivity index is 3.79. The minimum Gasteiger partial charge on any atom is -0.468 e. The van der Waals surface area contributed by atoms with Crippen molar-refractivity contribution in [3.8, 4) is 0 Å². The number of hydrogen-bond donors (Lipinski definition) is 2. The Morgan fingerprint density at radius 2 is 1.89 bits per heavy atom. The maximum Gasteiger partial charge on any atom is 0.323 e. The first kappa shape index (κ1) is 18.3. The van der Waals surface area contributed by atoms with Crippen molar-refractivity contribution in [1.82, 2.24) is 5.32 Å². The van der Waals surface area contributed by atoms with Crippen molar-refractivity contribution in [2.75, 3.05) is 40.1 Å². The Hall–Kier alpha value is -0.690. The lowest BCUT2D eigenvalue weighted by atomic mass is 10.0. The third-order valence-corrected chi connectivity index (χ3v) is 2.58. The zero-order valence-corrected chi connectivity index (χ0v) is 12.3. The number of rotatable bonds is 11. The van der Waals surface area contributed by atoms with E-state index in [1.807, 2.05) is 20.8 Å². The van der Waals surface area contributed by atoms with Crippen LogP contribution in [0.2, 0.25) is 0 Å². The second-order valence-electron chi connectivity index (χ2n) is 4.58. The average molecular weight is 277 g/mol. The average Bonchev–Trinajstić information content (AvgIpc) is 2.37. The second kappa shape index (κ2) is 11.2. The lowest BCUT2D eigenvalue weighted by Crippen LogP contribution is -2.45. The van der Waals surface area contributed by atoms with Crippen molar-refractivity contribution >= 4 is 5.97 Å². The number of carbonyl (C=O) groups is 1. The Morgan fingerprint density at radius 1 is 1.26 bits per heavy atom. The van der Waals surface area contributed by atoms with E-state index in [1.54, 1.807) is 0 Å². The first-order valence-corrected chi connectivity index (χ1v) is 6.67. The molecule has 0 saturated heterocycles. The molecule has 0 amide bonds. The molecule has 0 aliphatic rings. The maximum atomic E-state index is 11.5. The maximum absolute atomic E-state index is 11.5. The Kier molecular flexibility index (Phi) is 10.8. The van der Waals surface area contributed by atoms with Crippen LogP contribution in [0.1, 0.15) is 20.8 Å². The van der Waals surface area contributed by atoms with Gasteiger partial charge in [-0.15, -0.1) is 0 Å². The van der Waals surface area contributed by atoms with Crippen molar-refractivity contribution in [3.05, 3.63) is 0 Å². The number of nitrogens with one attached hydrogen (secondary N) is 1. The van der Waals surface area contributed by atoms with Crippen molar-refractivity contribution in [3.63, 3.8) is 0 Å². The summed E-state index contributed by atoms with van der Waals surface area (Å²) in [6.45, 7) is 7.88. The number of carbonyl (C=O) groups excluding carboxylic acids is 1. The number of aliphatic hydroxyl groups is 1. The van der Waals surface area contributed by atoms with Crippen molar-refractivity contribution in [2.45, 2.75) is 32.9 Å². The van der Waals surface area contributed by atoms with Crippen LogP contribution in [0.15, 0.2) is 0 Å². The molecule has 0 aliphatic carbocycles. The summed E-state index contributed by atoms with van der Waals surface area (Å²) in [4.78, 5) is 11.5. The molecule has 0 saturated carbocycles. The smallest absolute Gasteiger partial charge is 0.323 e. The molecule has 0 radical (unpaired) electrons. The molecule has 2 unspecified atom stereocenters. The van der Waals surface area contributed by atoms with Gasteiger partial charge in [-0.25, -0.2) is 0 Å². The fourth-order valence-electron chi connectivity index (χ4n) is 1.52. The molecule has 0 spiro atoms. The van der Waals surface area contributed by atoms with Gasteiger partial charge < -0.3 is 24.6 Å². The second-order valence-corrected chi connectivity index (χ2v) is 4.58. The summed E-state index contributed by atoms with van der Waals surface area (Å²) in [5.41, 5.74) is 0. The molecule has 2 atom stereocenters. The van der Waals surface area contributed by atoms with Gasteiger partial charge in [0.1, 0.15) is 6.04 Å². The van der Waals surface area contributed by atoms with Gasteiger partial charge in [-0.05, 0) is 12.8 Å². The van der Waals surface area contributed by atoms with E-state index in [1.165, 1.54) is 7.11 Å². The Labute approximate surface area is 115 Å². The predicted octanol–water partition coefficient (Wildman–Crippen LogP) is 0.188. The molecule has 6 heteroatoms. The van der Waals surface area contributed by atoms with E-state index in [9.17, 15) is 9.90 Å². The fourth-order valence-corrected chi connectivity index (χ4v) is 1.52. The Bertz CT molecular complexity index is 235. The monoisotopic (exact) mass is 277 g/mol. The third kappa shape index (κ3) is 8.93. The number of ether oxygens (including phenoxy) is 3. The summed E-state index contributed by atoms with van der Waals surface area (Å²) in [5, 5.41) is 12.7. The van der Waals surface area contributed by atoms with Crippen LogP contribution < -0.4 is 5.32 Å². The number of aliphatic hydroxyl groups excluding tert-OH is 1. The van der Waals surface area contributed by atoms with Crippen LogP contribution in [0.25, 0.3) is 0 Å². The number of methoxy groups -OCH3 is 1. The minimum absolute atomic E-state index is 0.0959. The van der Waals surface area contributed by atoms with Gasteiger partial charge in [0, 0.05) is 13.2 Å². The summed E-state index contributed by atoms with van der Waals surface area (Å²) in [7, 11) is 1.35. The highest BCUT2D eigenvalue weighted by Gasteiger charge is 2.23. The van der Waals surface area contributed by atoms with E-state index in [0.717, 1.165) is 0 Å². The number of esters is 1. The van der Waals surface area contributed by atoms with Gasteiger partial charge in [-0.2, -0.15) is 0 Å². The highest BCUT2D eigenvalue weighted by molar-refractivity contribution is 5.75. The highest BCUT2D eigenvalue weighted by atomic mass is 16.5. The first-order chi connectivity index (χ1) is 9.02. The molecule has 19 heavy (non-hydrogen) atoms. The lowest BCUT2D eigenvalue weighted by Gasteiger charge is -2.21.